The third-order valence-corrected chi connectivity index (χ3v) is 3.22. The Morgan fingerprint density at radius 2 is 2.40 bits per heavy atom. The molecule has 2 rings (SSSR count). The van der Waals surface area contributed by atoms with Crippen LogP contribution in [0.2, 0.25) is 0 Å². The number of aromatic amines is 1. The van der Waals surface area contributed by atoms with Crippen molar-refractivity contribution < 1.29 is 14.9 Å². The molecule has 1 aromatic rings. The van der Waals surface area contributed by atoms with E-state index in [4.69, 9.17) is 15.6 Å². The number of ether oxygens (including phenoxy) is 1. The largest absolute Gasteiger partial charge is 0.394 e. The van der Waals surface area contributed by atoms with E-state index in [1.807, 2.05) is 0 Å². The minimum Gasteiger partial charge on any atom is -0.394 e. The molecule has 2 heterocycles. The van der Waals surface area contributed by atoms with Gasteiger partial charge in [-0.05, 0) is 6.72 Å². The molecule has 20 heavy (non-hydrogen) atoms. The van der Waals surface area contributed by atoms with E-state index in [1.54, 1.807) is 0 Å². The number of nitrogens with two attached hydrogens (primary N) is 1. The maximum Gasteiger partial charge on any atom is 0.329 e. The summed E-state index contributed by atoms with van der Waals surface area (Å²) in [4.78, 5) is 22.1. The topological polar surface area (TPSA) is 138 Å². The van der Waals surface area contributed by atoms with Crippen molar-refractivity contribution in [3.05, 3.63) is 16.2 Å². The molecular weight excluding hydrogens is 266 g/mol. The van der Waals surface area contributed by atoms with Crippen LogP contribution in [0.25, 0.3) is 0 Å². The molecule has 0 aliphatic carbocycles. The lowest BCUT2D eigenvalue weighted by molar-refractivity contribution is -0.0447. The highest BCUT2D eigenvalue weighted by molar-refractivity contribution is 5.99. The Labute approximate surface area is 114 Å². The second-order valence-electron chi connectivity index (χ2n) is 4.38. The first kappa shape index (κ1) is 14.4. The Hall–Kier alpha value is -1.97. The molecule has 3 atom stereocenters. The van der Waals surface area contributed by atoms with Gasteiger partial charge in [-0.15, -0.1) is 0 Å². The average Bonchev–Trinajstić information content (AvgIpc) is 2.97. The van der Waals surface area contributed by atoms with E-state index in [0.717, 1.165) is 0 Å². The van der Waals surface area contributed by atoms with Gasteiger partial charge in [-0.3, -0.25) is 4.99 Å². The van der Waals surface area contributed by atoms with E-state index < -0.39 is 24.1 Å². The molecular formula is C11H17N5O4. The Balaban J connectivity index is 2.45. The molecule has 1 aliphatic heterocycles. The highest BCUT2D eigenvalue weighted by Crippen LogP contribution is 2.31. The van der Waals surface area contributed by atoms with Crippen LogP contribution in [-0.4, -0.2) is 58.2 Å². The summed E-state index contributed by atoms with van der Waals surface area (Å²) < 4.78 is 6.64. The number of amidine groups is 1. The first-order valence-electron chi connectivity index (χ1n) is 6.01. The normalized spacial score (nSPS) is 26.9. The van der Waals surface area contributed by atoms with Crippen molar-refractivity contribution in [2.24, 2.45) is 15.7 Å². The number of nitrogens with zero attached hydrogens (tertiary/aromatic N) is 3. The number of aliphatic hydroxyl groups is 2. The van der Waals surface area contributed by atoms with Gasteiger partial charge in [0.1, 0.15) is 23.9 Å². The molecule has 1 aromatic heterocycles. The molecule has 0 radical (unpaired) electrons. The predicted molar refractivity (Wildman–Crippen MR) is 72.5 cm³/mol. The molecule has 9 heteroatoms. The van der Waals surface area contributed by atoms with Crippen LogP contribution < -0.4 is 11.4 Å². The number of aliphatic imine (C=N–C) groups is 2. The van der Waals surface area contributed by atoms with Gasteiger partial charge in [-0.2, -0.15) is 0 Å². The van der Waals surface area contributed by atoms with Gasteiger partial charge in [0.2, 0.25) is 0 Å². The van der Waals surface area contributed by atoms with Gasteiger partial charge in [0, 0.05) is 13.5 Å². The van der Waals surface area contributed by atoms with Crippen molar-refractivity contribution in [3.8, 4) is 0 Å². The zero-order valence-corrected chi connectivity index (χ0v) is 11.0. The number of imidazole rings is 1. The summed E-state index contributed by atoms with van der Waals surface area (Å²) in [5.41, 5.74) is 5.43. The molecule has 0 aromatic carbocycles. The van der Waals surface area contributed by atoms with Crippen LogP contribution in [0.15, 0.2) is 14.8 Å². The maximum absolute atomic E-state index is 12.0. The number of aliphatic hydroxyl groups excluding tert-OH is 2. The first-order valence-corrected chi connectivity index (χ1v) is 6.01. The minimum absolute atomic E-state index is 0.112. The number of hydrogen-bond acceptors (Lipinski definition) is 6. The summed E-state index contributed by atoms with van der Waals surface area (Å²) in [5, 5.41) is 18.8. The van der Waals surface area contributed by atoms with E-state index in [1.165, 1.54) is 11.6 Å². The number of rotatable bonds is 4. The SMILES string of the molecule is C=Nc1c(C(N)=NC)[nH]c(=O)n1[C@H]1CC(O)C(CO)O1. The fourth-order valence-corrected chi connectivity index (χ4v) is 2.19. The van der Waals surface area contributed by atoms with Crippen LogP contribution in [0.3, 0.4) is 0 Å². The summed E-state index contributed by atoms with van der Waals surface area (Å²) in [7, 11) is 1.48. The van der Waals surface area contributed by atoms with Gasteiger partial charge >= 0.3 is 5.69 Å². The lowest BCUT2D eigenvalue weighted by Gasteiger charge is -2.13. The maximum atomic E-state index is 12.0. The van der Waals surface area contributed by atoms with Crippen LogP contribution >= 0.6 is 0 Å². The Kier molecular flexibility index (Phi) is 4.02. The summed E-state index contributed by atoms with van der Waals surface area (Å²) in [6, 6.07) is 0. The molecule has 110 valence electrons. The van der Waals surface area contributed by atoms with E-state index in [9.17, 15) is 9.90 Å². The summed E-state index contributed by atoms with van der Waals surface area (Å²) in [5.74, 6) is 0.300. The quantitative estimate of drug-likeness (QED) is 0.393. The minimum atomic E-state index is -0.856. The summed E-state index contributed by atoms with van der Waals surface area (Å²) in [6.07, 6.45) is -2.18. The van der Waals surface area contributed by atoms with Crippen molar-refractivity contribution in [1.82, 2.24) is 9.55 Å². The highest BCUT2D eigenvalue weighted by atomic mass is 16.5. The van der Waals surface area contributed by atoms with Crippen LogP contribution in [-0.2, 0) is 4.74 Å². The molecule has 1 aliphatic rings. The number of hydrogen-bond donors (Lipinski definition) is 4. The molecule has 0 bridgehead atoms. The molecule has 0 saturated carbocycles. The molecule has 2 unspecified atom stereocenters. The number of nitrogens with one attached hydrogen (secondary N) is 1. The zero-order valence-electron chi connectivity index (χ0n) is 11.0. The van der Waals surface area contributed by atoms with Crippen LogP contribution in [0.4, 0.5) is 5.82 Å². The van der Waals surface area contributed by atoms with E-state index in [-0.39, 0.29) is 30.4 Å². The molecule has 1 saturated heterocycles. The number of H-pyrrole nitrogens is 1. The van der Waals surface area contributed by atoms with E-state index in [0.29, 0.717) is 0 Å². The molecule has 0 amide bonds. The fourth-order valence-electron chi connectivity index (χ4n) is 2.19. The van der Waals surface area contributed by atoms with Gasteiger partial charge < -0.3 is 25.7 Å². The lowest BCUT2D eigenvalue weighted by Crippen LogP contribution is -2.25. The van der Waals surface area contributed by atoms with Crippen molar-refractivity contribution >= 4 is 18.4 Å². The monoisotopic (exact) mass is 283 g/mol. The van der Waals surface area contributed by atoms with E-state index in [2.05, 4.69) is 21.7 Å². The van der Waals surface area contributed by atoms with Gasteiger partial charge in [0.25, 0.3) is 0 Å². The standard InChI is InChI=1S/C11H17N5O4/c1-13-9(12)8-10(14-2)16(11(19)15-8)7-3-5(18)6(4-17)20-7/h5-7,17-18H,2-4H2,1H3,(H2,12,13)(H,15,19)/t5?,6?,7-/m1/s1. The summed E-state index contributed by atoms with van der Waals surface area (Å²) in [6.45, 7) is 3.07. The van der Waals surface area contributed by atoms with Crippen molar-refractivity contribution in [2.45, 2.75) is 24.9 Å². The van der Waals surface area contributed by atoms with Crippen LogP contribution in [0.1, 0.15) is 18.3 Å². The second-order valence-corrected chi connectivity index (χ2v) is 4.38. The predicted octanol–water partition coefficient (Wildman–Crippen LogP) is -1.52. The highest BCUT2D eigenvalue weighted by Gasteiger charge is 2.37. The van der Waals surface area contributed by atoms with E-state index >= 15 is 0 Å². The van der Waals surface area contributed by atoms with Gasteiger partial charge in [0.15, 0.2) is 5.82 Å². The van der Waals surface area contributed by atoms with Crippen LogP contribution in [0.5, 0.6) is 0 Å². The molecule has 0 spiro atoms. The third-order valence-electron chi connectivity index (χ3n) is 3.22. The fraction of sp³-hybridized carbons (Fsp3) is 0.545. The average molecular weight is 283 g/mol. The Morgan fingerprint density at radius 1 is 1.70 bits per heavy atom. The van der Waals surface area contributed by atoms with Crippen LogP contribution in [0, 0.1) is 0 Å². The van der Waals surface area contributed by atoms with Gasteiger partial charge in [-0.25, -0.2) is 14.4 Å². The summed E-state index contributed by atoms with van der Waals surface area (Å²) >= 11 is 0. The van der Waals surface area contributed by atoms with Gasteiger partial charge in [0.05, 0.1) is 12.7 Å². The molecule has 5 N–H and O–H groups in total. The Bertz CT molecular complexity index is 590. The molecule has 9 nitrogen and oxygen atoms in total. The third kappa shape index (κ3) is 2.26. The second kappa shape index (κ2) is 5.57. The smallest absolute Gasteiger partial charge is 0.329 e. The van der Waals surface area contributed by atoms with Crippen molar-refractivity contribution in [3.63, 3.8) is 0 Å². The van der Waals surface area contributed by atoms with Crippen molar-refractivity contribution in [1.29, 1.82) is 0 Å². The molecule has 1 fully saturated rings. The van der Waals surface area contributed by atoms with Crippen molar-refractivity contribution in [2.75, 3.05) is 13.7 Å². The Morgan fingerprint density at radius 3 is 2.90 bits per heavy atom. The van der Waals surface area contributed by atoms with Gasteiger partial charge in [-0.1, -0.05) is 0 Å². The first-order chi connectivity index (χ1) is 9.53. The number of aromatic nitrogens is 2. The zero-order chi connectivity index (χ0) is 14.9. The lowest BCUT2D eigenvalue weighted by atomic mass is 10.2.